The maximum atomic E-state index is 12.8. The molecule has 19 heavy (non-hydrogen) atoms. The van der Waals surface area contributed by atoms with Gasteiger partial charge in [0.05, 0.1) is 11.3 Å². The van der Waals surface area contributed by atoms with Crippen molar-refractivity contribution < 1.29 is 14.3 Å². The van der Waals surface area contributed by atoms with Crippen molar-refractivity contribution in [2.24, 2.45) is 0 Å². The third kappa shape index (κ3) is 2.35. The van der Waals surface area contributed by atoms with Crippen molar-refractivity contribution in [2.75, 3.05) is 0 Å². The number of pyridine rings is 1. The summed E-state index contributed by atoms with van der Waals surface area (Å²) in [7, 11) is 0. The lowest BCUT2D eigenvalue weighted by molar-refractivity contribution is 0.0697. The van der Waals surface area contributed by atoms with Gasteiger partial charge in [0.1, 0.15) is 17.4 Å². The molecule has 5 nitrogen and oxygen atoms in total. The number of carbonyl (C=O) groups is 1. The molecular weight excluding hydrogens is 251 g/mol. The number of benzene rings is 1. The Hall–Kier alpha value is -2.94. The summed E-state index contributed by atoms with van der Waals surface area (Å²) in [6.45, 7) is 0. The Bertz CT molecular complexity index is 742. The molecule has 0 aliphatic carbocycles. The molecule has 2 N–H and O–H groups in total. The molecule has 0 atom stereocenters. The summed E-state index contributed by atoms with van der Waals surface area (Å²) in [6.07, 6.45) is 0. The topological polar surface area (TPSA) is 93.9 Å². The van der Waals surface area contributed by atoms with E-state index in [1.807, 2.05) is 0 Å². The van der Waals surface area contributed by atoms with Gasteiger partial charge in [-0.1, -0.05) is 0 Å². The van der Waals surface area contributed by atoms with Crippen molar-refractivity contribution >= 4 is 5.97 Å². The molecule has 2 aromatic rings. The van der Waals surface area contributed by atoms with Crippen LogP contribution in [0.3, 0.4) is 0 Å². The molecule has 0 amide bonds. The van der Waals surface area contributed by atoms with Crippen LogP contribution in [0.4, 0.5) is 4.39 Å². The molecule has 0 aliphatic heterocycles. The van der Waals surface area contributed by atoms with E-state index in [0.29, 0.717) is 5.56 Å². The Balaban J connectivity index is 2.72. The van der Waals surface area contributed by atoms with Crippen LogP contribution in [-0.4, -0.2) is 16.1 Å². The van der Waals surface area contributed by atoms with Gasteiger partial charge in [-0.25, -0.2) is 9.18 Å². The first-order valence-electron chi connectivity index (χ1n) is 5.19. The van der Waals surface area contributed by atoms with Gasteiger partial charge in [0.2, 0.25) is 0 Å². The molecular formula is C13H7FN2O3. The second-order valence-electron chi connectivity index (χ2n) is 3.72. The van der Waals surface area contributed by atoms with Crippen LogP contribution in [0.5, 0.6) is 0 Å². The second kappa shape index (κ2) is 4.74. The van der Waals surface area contributed by atoms with Crippen LogP contribution in [0.2, 0.25) is 0 Å². The number of hydrogen-bond donors (Lipinski definition) is 2. The number of aromatic amines is 1. The number of carboxylic acid groups (broad SMARTS) is 1. The zero-order chi connectivity index (χ0) is 14.0. The number of carboxylic acids is 1. The van der Waals surface area contributed by atoms with Gasteiger partial charge in [-0.3, -0.25) is 4.79 Å². The van der Waals surface area contributed by atoms with Crippen molar-refractivity contribution in [1.29, 1.82) is 5.26 Å². The quantitative estimate of drug-likeness (QED) is 0.857. The number of nitrogens with zero attached hydrogens (tertiary/aromatic N) is 1. The monoisotopic (exact) mass is 258 g/mol. The van der Waals surface area contributed by atoms with Crippen LogP contribution in [0.1, 0.15) is 15.9 Å². The first-order chi connectivity index (χ1) is 9.02. The Kier molecular flexibility index (Phi) is 3.12. The molecule has 0 saturated carbocycles. The minimum absolute atomic E-state index is 0.0384. The van der Waals surface area contributed by atoms with Gasteiger partial charge in [0.15, 0.2) is 0 Å². The van der Waals surface area contributed by atoms with Gasteiger partial charge in [0.25, 0.3) is 5.56 Å². The number of halogens is 1. The van der Waals surface area contributed by atoms with Crippen molar-refractivity contribution in [1.82, 2.24) is 4.98 Å². The molecule has 2 rings (SSSR count). The average molecular weight is 258 g/mol. The summed E-state index contributed by atoms with van der Waals surface area (Å²) in [5.74, 6) is -1.76. The second-order valence-corrected chi connectivity index (χ2v) is 3.72. The number of hydrogen-bond acceptors (Lipinski definition) is 3. The minimum atomic E-state index is -1.29. The van der Waals surface area contributed by atoms with Gasteiger partial charge in [0, 0.05) is 0 Å². The van der Waals surface area contributed by atoms with E-state index in [4.69, 9.17) is 10.4 Å². The number of nitrogens with one attached hydrogen (secondary N) is 1. The number of aromatic carboxylic acids is 1. The van der Waals surface area contributed by atoms with Crippen molar-refractivity contribution in [2.45, 2.75) is 0 Å². The Morgan fingerprint density at radius 1 is 1.32 bits per heavy atom. The number of rotatable bonds is 2. The normalized spacial score (nSPS) is 9.89. The van der Waals surface area contributed by atoms with Crippen LogP contribution in [-0.2, 0) is 0 Å². The van der Waals surface area contributed by atoms with E-state index >= 15 is 0 Å². The van der Waals surface area contributed by atoms with Gasteiger partial charge in [-0.15, -0.1) is 0 Å². The molecule has 0 saturated heterocycles. The van der Waals surface area contributed by atoms with Crippen molar-refractivity contribution in [3.63, 3.8) is 0 Å². The highest BCUT2D eigenvalue weighted by atomic mass is 19.1. The van der Waals surface area contributed by atoms with E-state index in [1.165, 1.54) is 12.1 Å². The third-order valence-electron chi connectivity index (χ3n) is 2.52. The van der Waals surface area contributed by atoms with Gasteiger partial charge >= 0.3 is 5.97 Å². The number of aromatic nitrogens is 1. The van der Waals surface area contributed by atoms with E-state index in [2.05, 4.69) is 4.98 Å². The van der Waals surface area contributed by atoms with E-state index < -0.39 is 17.3 Å². The highest BCUT2D eigenvalue weighted by Gasteiger charge is 2.15. The van der Waals surface area contributed by atoms with Crippen molar-refractivity contribution in [3.05, 3.63) is 57.6 Å². The summed E-state index contributed by atoms with van der Waals surface area (Å²) in [4.78, 5) is 25.0. The molecule has 0 bridgehead atoms. The molecule has 0 fully saturated rings. The highest BCUT2D eigenvalue weighted by molar-refractivity contribution is 5.95. The fourth-order valence-corrected chi connectivity index (χ4v) is 1.63. The fraction of sp³-hybridized carbons (Fsp3) is 0. The Labute approximate surface area is 106 Å². The van der Waals surface area contributed by atoms with Gasteiger partial charge in [-0.2, -0.15) is 5.26 Å². The highest BCUT2D eigenvalue weighted by Crippen LogP contribution is 2.21. The number of nitriles is 1. The molecule has 0 radical (unpaired) electrons. The summed E-state index contributed by atoms with van der Waals surface area (Å²) < 4.78 is 12.8. The van der Waals surface area contributed by atoms with Crippen LogP contribution >= 0.6 is 0 Å². The first-order valence-corrected chi connectivity index (χ1v) is 5.19. The van der Waals surface area contributed by atoms with Crippen LogP contribution in [0, 0.1) is 17.1 Å². The average Bonchev–Trinajstić information content (AvgIpc) is 2.39. The fourth-order valence-electron chi connectivity index (χ4n) is 1.63. The zero-order valence-electron chi connectivity index (χ0n) is 9.48. The van der Waals surface area contributed by atoms with Gasteiger partial charge < -0.3 is 10.1 Å². The van der Waals surface area contributed by atoms with E-state index in [0.717, 1.165) is 18.2 Å². The predicted molar refractivity (Wildman–Crippen MR) is 64.1 cm³/mol. The first kappa shape index (κ1) is 12.5. The molecule has 1 aromatic heterocycles. The summed E-state index contributed by atoms with van der Waals surface area (Å²) >= 11 is 0. The minimum Gasteiger partial charge on any atom is -0.478 e. The third-order valence-corrected chi connectivity index (χ3v) is 2.52. The maximum absolute atomic E-state index is 12.8. The van der Waals surface area contributed by atoms with Crippen molar-refractivity contribution in [3.8, 4) is 17.3 Å². The van der Waals surface area contributed by atoms with Crippen LogP contribution in [0.25, 0.3) is 11.3 Å². The lowest BCUT2D eigenvalue weighted by Gasteiger charge is -2.06. The molecule has 94 valence electrons. The Morgan fingerprint density at radius 2 is 1.95 bits per heavy atom. The van der Waals surface area contributed by atoms with E-state index in [1.54, 1.807) is 6.07 Å². The lowest BCUT2D eigenvalue weighted by atomic mass is 10.0. The summed E-state index contributed by atoms with van der Waals surface area (Å²) in [5.41, 5.74) is -0.810. The largest absolute Gasteiger partial charge is 0.478 e. The van der Waals surface area contributed by atoms with Crippen LogP contribution < -0.4 is 5.56 Å². The number of H-pyrrole nitrogens is 1. The van der Waals surface area contributed by atoms with E-state index in [9.17, 15) is 14.0 Å². The summed E-state index contributed by atoms with van der Waals surface area (Å²) in [6, 6.07) is 7.60. The molecule has 6 heteroatoms. The Morgan fingerprint density at radius 3 is 2.47 bits per heavy atom. The standard InChI is InChI=1S/C13H7FN2O3/c14-9-3-1-7(2-4-9)11-10(13(18)19)5-8(6-15)12(17)16-11/h1-5H,(H,16,17)(H,18,19). The predicted octanol–water partition coefficient (Wildman–Crippen LogP) is 1.75. The molecule has 0 spiro atoms. The summed E-state index contributed by atoms with van der Waals surface area (Å²) in [5, 5.41) is 17.8. The molecule has 0 unspecified atom stereocenters. The molecule has 0 aliphatic rings. The van der Waals surface area contributed by atoms with Gasteiger partial charge in [-0.05, 0) is 35.9 Å². The molecule has 1 heterocycles. The zero-order valence-corrected chi connectivity index (χ0v) is 9.48. The smallest absolute Gasteiger partial charge is 0.337 e. The molecule has 1 aromatic carbocycles. The maximum Gasteiger partial charge on any atom is 0.337 e. The SMILES string of the molecule is N#Cc1cc(C(=O)O)c(-c2ccc(F)cc2)[nH]c1=O. The lowest BCUT2D eigenvalue weighted by Crippen LogP contribution is -2.15. The van der Waals surface area contributed by atoms with E-state index in [-0.39, 0.29) is 16.8 Å². The van der Waals surface area contributed by atoms with Crippen LogP contribution in [0.15, 0.2) is 35.1 Å².